The van der Waals surface area contributed by atoms with Crippen molar-refractivity contribution in [2.24, 2.45) is 0 Å². The van der Waals surface area contributed by atoms with Crippen LogP contribution in [0.25, 0.3) is 22.4 Å². The Morgan fingerprint density at radius 1 is 1.00 bits per heavy atom. The molecule has 1 N–H and O–H groups in total. The second kappa shape index (κ2) is 7.36. The van der Waals surface area contributed by atoms with Gasteiger partial charge in [-0.2, -0.15) is 0 Å². The van der Waals surface area contributed by atoms with Crippen LogP contribution in [-0.4, -0.2) is 18.0 Å². The van der Waals surface area contributed by atoms with E-state index in [1.807, 2.05) is 6.07 Å². The van der Waals surface area contributed by atoms with Gasteiger partial charge in [0.15, 0.2) is 0 Å². The van der Waals surface area contributed by atoms with Gasteiger partial charge < -0.3 is 14.5 Å². The highest BCUT2D eigenvalue weighted by atomic mass is 16.5. The van der Waals surface area contributed by atoms with E-state index in [1.165, 1.54) is 7.11 Å². The van der Waals surface area contributed by atoms with Crippen molar-refractivity contribution in [2.75, 3.05) is 12.4 Å². The molecule has 6 nitrogen and oxygen atoms in total. The number of anilines is 1. The summed E-state index contributed by atoms with van der Waals surface area (Å²) in [6.45, 7) is 0. The lowest BCUT2D eigenvalue weighted by atomic mass is 10.1. The molecule has 0 fully saturated rings. The van der Waals surface area contributed by atoms with E-state index in [0.29, 0.717) is 33.5 Å². The predicted molar refractivity (Wildman–Crippen MR) is 107 cm³/mol. The highest BCUT2D eigenvalue weighted by Gasteiger charge is 2.13. The van der Waals surface area contributed by atoms with Gasteiger partial charge >= 0.3 is 5.63 Å². The molecule has 0 radical (unpaired) electrons. The van der Waals surface area contributed by atoms with Gasteiger partial charge in [-0.1, -0.05) is 30.3 Å². The van der Waals surface area contributed by atoms with Gasteiger partial charge in [0.05, 0.1) is 23.6 Å². The zero-order valence-electron chi connectivity index (χ0n) is 15.0. The molecule has 0 saturated heterocycles. The molecule has 1 amide bonds. The number of benzene rings is 3. The van der Waals surface area contributed by atoms with Gasteiger partial charge in [0.1, 0.15) is 5.75 Å². The van der Waals surface area contributed by atoms with E-state index in [2.05, 4.69) is 10.3 Å². The second-order valence-electron chi connectivity index (χ2n) is 6.06. The second-order valence-corrected chi connectivity index (χ2v) is 6.06. The van der Waals surface area contributed by atoms with Gasteiger partial charge in [0, 0.05) is 11.3 Å². The van der Waals surface area contributed by atoms with Crippen LogP contribution < -0.4 is 15.7 Å². The number of amides is 1. The lowest BCUT2D eigenvalue weighted by Crippen LogP contribution is -2.13. The summed E-state index contributed by atoms with van der Waals surface area (Å²) in [5.41, 5.74) is 1.65. The van der Waals surface area contributed by atoms with E-state index in [-0.39, 0.29) is 11.8 Å². The molecular weight excluding hydrogens is 356 g/mol. The fourth-order valence-corrected chi connectivity index (χ4v) is 2.90. The third kappa shape index (κ3) is 3.35. The summed E-state index contributed by atoms with van der Waals surface area (Å²) in [5.74, 6) is 0.373. The Kier molecular flexibility index (Phi) is 4.60. The number of hydrogen-bond acceptors (Lipinski definition) is 5. The van der Waals surface area contributed by atoms with E-state index in [4.69, 9.17) is 9.15 Å². The van der Waals surface area contributed by atoms with Gasteiger partial charge in [0.2, 0.25) is 5.89 Å². The largest absolute Gasteiger partial charge is 0.496 e. The Bertz CT molecular complexity index is 1230. The molecule has 4 aromatic rings. The number of rotatable bonds is 4. The van der Waals surface area contributed by atoms with Gasteiger partial charge in [-0.25, -0.2) is 9.78 Å². The van der Waals surface area contributed by atoms with Crippen LogP contribution >= 0.6 is 0 Å². The summed E-state index contributed by atoms with van der Waals surface area (Å²) in [7, 11) is 1.51. The number of nitrogens with zero attached hydrogens (tertiary/aromatic N) is 1. The van der Waals surface area contributed by atoms with Crippen LogP contribution in [-0.2, 0) is 0 Å². The molecule has 0 spiro atoms. The number of fused-ring (bicyclic) bond motifs is 1. The molecule has 0 saturated carbocycles. The van der Waals surface area contributed by atoms with Crippen LogP contribution in [0.3, 0.4) is 0 Å². The van der Waals surface area contributed by atoms with Gasteiger partial charge in [0.25, 0.3) is 5.91 Å². The zero-order chi connectivity index (χ0) is 19.5. The topological polar surface area (TPSA) is 81.4 Å². The molecule has 0 aliphatic carbocycles. The van der Waals surface area contributed by atoms with E-state index in [0.717, 1.165) is 0 Å². The van der Waals surface area contributed by atoms with E-state index in [1.54, 1.807) is 66.7 Å². The van der Waals surface area contributed by atoms with Crippen LogP contribution in [0.2, 0.25) is 0 Å². The Hall–Kier alpha value is -3.93. The molecule has 0 aliphatic heterocycles. The molecule has 4 rings (SSSR count). The number of nitrogens with one attached hydrogen (secondary N) is 1. The number of ether oxygens (including phenoxy) is 1. The molecule has 1 aromatic heterocycles. The van der Waals surface area contributed by atoms with Crippen LogP contribution in [0.15, 0.2) is 82.0 Å². The van der Waals surface area contributed by atoms with Gasteiger partial charge in [-0.05, 0) is 42.5 Å². The molecule has 28 heavy (non-hydrogen) atoms. The van der Waals surface area contributed by atoms with Crippen molar-refractivity contribution >= 4 is 22.5 Å². The Morgan fingerprint density at radius 2 is 1.79 bits per heavy atom. The molecular formula is C22H16N2O4. The van der Waals surface area contributed by atoms with Crippen LogP contribution in [0.1, 0.15) is 10.4 Å². The minimum Gasteiger partial charge on any atom is -0.496 e. The van der Waals surface area contributed by atoms with E-state index in [9.17, 15) is 9.59 Å². The van der Waals surface area contributed by atoms with E-state index >= 15 is 0 Å². The molecule has 0 bridgehead atoms. The van der Waals surface area contributed by atoms with Gasteiger partial charge in [-0.3, -0.25) is 4.79 Å². The number of methoxy groups -OCH3 is 1. The van der Waals surface area contributed by atoms with Crippen molar-refractivity contribution in [3.05, 3.63) is 88.8 Å². The first-order valence-electron chi connectivity index (χ1n) is 8.60. The first-order chi connectivity index (χ1) is 13.7. The average molecular weight is 372 g/mol. The monoisotopic (exact) mass is 372 g/mol. The van der Waals surface area contributed by atoms with Crippen molar-refractivity contribution in [3.8, 4) is 17.2 Å². The van der Waals surface area contributed by atoms with Gasteiger partial charge in [-0.15, -0.1) is 0 Å². The number of hydrogen-bond donors (Lipinski definition) is 1. The van der Waals surface area contributed by atoms with Crippen LogP contribution in [0.4, 0.5) is 5.69 Å². The minimum atomic E-state index is -0.455. The van der Waals surface area contributed by atoms with Crippen molar-refractivity contribution < 1.29 is 13.9 Å². The first-order valence-corrected chi connectivity index (χ1v) is 8.60. The summed E-state index contributed by atoms with van der Waals surface area (Å²) in [6.07, 6.45) is 0. The van der Waals surface area contributed by atoms with Crippen molar-refractivity contribution in [2.45, 2.75) is 0 Å². The third-order valence-corrected chi connectivity index (χ3v) is 4.25. The first kappa shape index (κ1) is 17.5. The zero-order valence-corrected chi connectivity index (χ0v) is 15.0. The highest BCUT2D eigenvalue weighted by molar-refractivity contribution is 6.06. The highest BCUT2D eigenvalue weighted by Crippen LogP contribution is 2.23. The Morgan fingerprint density at radius 3 is 2.64 bits per heavy atom. The quantitative estimate of drug-likeness (QED) is 0.583. The molecule has 0 atom stereocenters. The third-order valence-electron chi connectivity index (χ3n) is 4.25. The minimum absolute atomic E-state index is 0.192. The molecule has 138 valence electrons. The Labute approximate surface area is 160 Å². The van der Waals surface area contributed by atoms with Crippen molar-refractivity contribution in [1.29, 1.82) is 0 Å². The number of para-hydroxylation sites is 2. The maximum atomic E-state index is 12.6. The summed E-state index contributed by atoms with van der Waals surface area (Å²) in [5, 5.41) is 3.25. The average Bonchev–Trinajstić information content (AvgIpc) is 2.74. The SMILES string of the molecule is COc1ccccc1C(=O)Nc1cccc(-c2nc3ccccc3c(=O)o2)c1. The molecule has 6 heteroatoms. The van der Waals surface area contributed by atoms with Crippen LogP contribution in [0.5, 0.6) is 5.75 Å². The summed E-state index contributed by atoms with van der Waals surface area (Å²) >= 11 is 0. The molecule has 0 aliphatic rings. The van der Waals surface area contributed by atoms with Crippen molar-refractivity contribution in [1.82, 2.24) is 4.98 Å². The number of carbonyl (C=O) groups excluding carboxylic acids is 1. The summed E-state index contributed by atoms with van der Waals surface area (Å²) in [6, 6.07) is 20.9. The summed E-state index contributed by atoms with van der Waals surface area (Å²) in [4.78, 5) is 29.2. The standard InChI is InChI=1S/C22H16N2O4/c1-27-19-12-5-3-10-17(19)20(25)23-15-8-6-7-14(13-15)21-24-18-11-4-2-9-16(18)22(26)28-21/h2-13H,1H3,(H,23,25). The fourth-order valence-electron chi connectivity index (χ4n) is 2.90. The fraction of sp³-hybridized carbons (Fsp3) is 0.0455. The predicted octanol–water partition coefficient (Wildman–Crippen LogP) is 4.12. The number of aromatic nitrogens is 1. The maximum Gasteiger partial charge on any atom is 0.347 e. The Balaban J connectivity index is 1.67. The molecule has 0 unspecified atom stereocenters. The normalized spacial score (nSPS) is 10.6. The summed E-state index contributed by atoms with van der Waals surface area (Å²) < 4.78 is 10.6. The lowest BCUT2D eigenvalue weighted by molar-refractivity contribution is 0.102. The molecule has 3 aromatic carbocycles. The van der Waals surface area contributed by atoms with E-state index < -0.39 is 5.63 Å². The van der Waals surface area contributed by atoms with Crippen LogP contribution in [0, 0.1) is 0 Å². The molecule has 1 heterocycles. The number of carbonyl (C=O) groups is 1. The maximum absolute atomic E-state index is 12.6. The lowest BCUT2D eigenvalue weighted by Gasteiger charge is -2.10. The van der Waals surface area contributed by atoms with Crippen molar-refractivity contribution in [3.63, 3.8) is 0 Å². The smallest absolute Gasteiger partial charge is 0.347 e.